The van der Waals surface area contributed by atoms with Crippen LogP contribution in [0.4, 0.5) is 5.69 Å². The fourth-order valence-corrected chi connectivity index (χ4v) is 2.59. The van der Waals surface area contributed by atoms with Gasteiger partial charge in [0.1, 0.15) is 0 Å². The molecule has 1 aromatic heterocycles. The number of aromatic nitrogens is 2. The Kier molecular flexibility index (Phi) is 8.38. The minimum Gasteiger partial charge on any atom is -0.367 e. The Balaban J connectivity index is 0.00000242. The van der Waals surface area contributed by atoms with Crippen molar-refractivity contribution in [3.63, 3.8) is 0 Å². The van der Waals surface area contributed by atoms with Crippen molar-refractivity contribution in [2.24, 2.45) is 18.2 Å². The number of nitrogens with zero attached hydrogens (tertiary/aromatic N) is 3. The van der Waals surface area contributed by atoms with E-state index in [1.165, 1.54) is 0 Å². The lowest BCUT2D eigenvalue weighted by molar-refractivity contribution is -0.125. The molecule has 1 saturated heterocycles. The summed E-state index contributed by atoms with van der Waals surface area (Å²) in [7, 11) is 1.91. The van der Waals surface area contributed by atoms with E-state index in [-0.39, 0.29) is 42.2 Å². The molecule has 1 amide bonds. The first-order valence-corrected chi connectivity index (χ1v) is 7.57. The maximum Gasteiger partial charge on any atom is 0.237 e. The number of carbonyl (C=O) groups excluding carboxylic acids is 1. The van der Waals surface area contributed by atoms with Crippen molar-refractivity contribution in [3.05, 3.63) is 12.4 Å². The van der Waals surface area contributed by atoms with Crippen molar-refractivity contribution in [2.45, 2.75) is 45.7 Å². The van der Waals surface area contributed by atoms with E-state index in [0.717, 1.165) is 31.6 Å². The van der Waals surface area contributed by atoms with Gasteiger partial charge in [-0.05, 0) is 18.3 Å². The van der Waals surface area contributed by atoms with Gasteiger partial charge < -0.3 is 16.0 Å². The third-order valence-corrected chi connectivity index (χ3v) is 4.04. The smallest absolute Gasteiger partial charge is 0.237 e. The van der Waals surface area contributed by atoms with Gasteiger partial charge in [0.05, 0.1) is 17.9 Å². The summed E-state index contributed by atoms with van der Waals surface area (Å²) in [5.41, 5.74) is 6.91. The number of piperidine rings is 1. The maximum absolute atomic E-state index is 12.2. The van der Waals surface area contributed by atoms with E-state index < -0.39 is 6.04 Å². The minimum atomic E-state index is -0.480. The number of nitrogens with two attached hydrogens (primary N) is 1. The lowest BCUT2D eigenvalue weighted by Crippen LogP contribution is -2.55. The summed E-state index contributed by atoms with van der Waals surface area (Å²) in [5, 5.41) is 7.30. The van der Waals surface area contributed by atoms with Gasteiger partial charge in [0, 0.05) is 32.4 Å². The molecule has 23 heavy (non-hydrogen) atoms. The Morgan fingerprint density at radius 1 is 1.43 bits per heavy atom. The molecule has 1 aromatic rings. The minimum absolute atomic E-state index is 0. The second-order valence-electron chi connectivity index (χ2n) is 7.01. The van der Waals surface area contributed by atoms with E-state index in [1.807, 2.05) is 40.2 Å². The van der Waals surface area contributed by atoms with Crippen LogP contribution in [0, 0.1) is 5.41 Å². The normalized spacial score (nSPS) is 19.3. The first kappa shape index (κ1) is 22.0. The first-order chi connectivity index (χ1) is 9.77. The number of hydrogen-bond acceptors (Lipinski definition) is 4. The molecule has 0 aromatic carbocycles. The maximum atomic E-state index is 12.2. The molecule has 0 radical (unpaired) electrons. The van der Waals surface area contributed by atoms with Gasteiger partial charge in [-0.25, -0.2) is 0 Å². The van der Waals surface area contributed by atoms with Crippen molar-refractivity contribution < 1.29 is 4.79 Å². The molecular weight excluding hydrogens is 337 g/mol. The van der Waals surface area contributed by atoms with Gasteiger partial charge in [-0.15, -0.1) is 24.8 Å². The quantitative estimate of drug-likeness (QED) is 0.854. The second kappa shape index (κ2) is 8.76. The van der Waals surface area contributed by atoms with Crippen molar-refractivity contribution in [1.29, 1.82) is 0 Å². The monoisotopic (exact) mass is 365 g/mol. The van der Waals surface area contributed by atoms with E-state index in [9.17, 15) is 4.79 Å². The van der Waals surface area contributed by atoms with E-state index in [2.05, 4.69) is 15.3 Å². The molecule has 0 aliphatic carbocycles. The van der Waals surface area contributed by atoms with Crippen LogP contribution in [-0.4, -0.2) is 40.9 Å². The highest BCUT2D eigenvalue weighted by atomic mass is 35.5. The molecule has 2 atom stereocenters. The van der Waals surface area contributed by atoms with E-state index in [0.29, 0.717) is 0 Å². The molecule has 0 saturated carbocycles. The van der Waals surface area contributed by atoms with Crippen LogP contribution in [0.2, 0.25) is 0 Å². The fourth-order valence-electron chi connectivity index (χ4n) is 2.59. The predicted molar refractivity (Wildman–Crippen MR) is 98.5 cm³/mol. The molecule has 6 nitrogen and oxygen atoms in total. The Hall–Kier alpha value is -0.980. The van der Waals surface area contributed by atoms with Crippen LogP contribution < -0.4 is 16.0 Å². The van der Waals surface area contributed by atoms with Crippen LogP contribution in [0.5, 0.6) is 0 Å². The van der Waals surface area contributed by atoms with Crippen LogP contribution in [0.15, 0.2) is 12.4 Å². The summed E-state index contributed by atoms with van der Waals surface area (Å²) in [6.45, 7) is 7.78. The highest BCUT2D eigenvalue weighted by Gasteiger charge is 2.30. The Labute approximate surface area is 151 Å². The first-order valence-electron chi connectivity index (χ1n) is 7.57. The lowest BCUT2D eigenvalue weighted by atomic mass is 9.86. The predicted octanol–water partition coefficient (Wildman–Crippen LogP) is 1.72. The highest BCUT2D eigenvalue weighted by Crippen LogP contribution is 2.20. The average molecular weight is 366 g/mol. The molecule has 8 heteroatoms. The van der Waals surface area contributed by atoms with Crippen molar-refractivity contribution in [3.8, 4) is 0 Å². The van der Waals surface area contributed by atoms with Crippen LogP contribution in [0.3, 0.4) is 0 Å². The molecule has 3 N–H and O–H groups in total. The summed E-state index contributed by atoms with van der Waals surface area (Å²) in [4.78, 5) is 14.5. The molecule has 2 heterocycles. The zero-order valence-corrected chi connectivity index (χ0v) is 15.9. The second-order valence-corrected chi connectivity index (χ2v) is 7.01. The SMILES string of the molecule is Cl.Cl.Cn1cc(N2CCCC(NC(=O)[C@@H](N)C(C)(C)C)C2)cn1. The Morgan fingerprint density at radius 3 is 2.61 bits per heavy atom. The van der Waals surface area contributed by atoms with Gasteiger partial charge in [-0.1, -0.05) is 20.8 Å². The summed E-state index contributed by atoms with van der Waals surface area (Å²) in [6, 6.07) is -0.328. The molecular formula is C15H29Cl2N5O. The molecule has 2 rings (SSSR count). The Bertz CT molecular complexity index is 500. The van der Waals surface area contributed by atoms with Gasteiger partial charge >= 0.3 is 0 Å². The average Bonchev–Trinajstić information content (AvgIpc) is 2.84. The Morgan fingerprint density at radius 2 is 2.09 bits per heavy atom. The topological polar surface area (TPSA) is 76.2 Å². The molecule has 0 spiro atoms. The van der Waals surface area contributed by atoms with Gasteiger partial charge in [-0.2, -0.15) is 5.10 Å². The van der Waals surface area contributed by atoms with Crippen LogP contribution in [0.25, 0.3) is 0 Å². The van der Waals surface area contributed by atoms with Gasteiger partial charge in [0.15, 0.2) is 0 Å². The van der Waals surface area contributed by atoms with E-state index >= 15 is 0 Å². The third-order valence-electron chi connectivity index (χ3n) is 4.04. The van der Waals surface area contributed by atoms with Crippen LogP contribution >= 0.6 is 24.8 Å². The number of anilines is 1. The molecule has 134 valence electrons. The highest BCUT2D eigenvalue weighted by molar-refractivity contribution is 5.85. The van der Waals surface area contributed by atoms with Gasteiger partial charge in [-0.3, -0.25) is 9.48 Å². The lowest BCUT2D eigenvalue weighted by Gasteiger charge is -2.35. The molecule has 0 bridgehead atoms. The summed E-state index contributed by atoms with van der Waals surface area (Å²) in [6.07, 6.45) is 5.93. The number of nitrogens with one attached hydrogen (secondary N) is 1. The van der Waals surface area contributed by atoms with E-state index in [1.54, 1.807) is 4.68 Å². The van der Waals surface area contributed by atoms with Gasteiger partial charge in [0.25, 0.3) is 0 Å². The number of halogens is 2. The summed E-state index contributed by atoms with van der Waals surface area (Å²) in [5.74, 6) is -0.0551. The molecule has 1 unspecified atom stereocenters. The zero-order valence-electron chi connectivity index (χ0n) is 14.3. The molecule has 1 aliphatic heterocycles. The third kappa shape index (κ3) is 5.86. The van der Waals surface area contributed by atoms with Gasteiger partial charge in [0.2, 0.25) is 5.91 Å². The number of hydrogen-bond donors (Lipinski definition) is 2. The molecule has 1 fully saturated rings. The molecule has 1 aliphatic rings. The number of carbonyl (C=O) groups is 1. The number of rotatable bonds is 3. The number of amides is 1. The van der Waals surface area contributed by atoms with Crippen LogP contribution in [0.1, 0.15) is 33.6 Å². The summed E-state index contributed by atoms with van der Waals surface area (Å²) < 4.78 is 1.80. The summed E-state index contributed by atoms with van der Waals surface area (Å²) >= 11 is 0. The standard InChI is InChI=1S/C15H27N5O.2ClH/c1-15(2,3)13(16)14(21)18-11-6-5-7-20(9-11)12-8-17-19(4)10-12;;/h8,10-11,13H,5-7,9,16H2,1-4H3,(H,18,21);2*1H/t11?,13-;;/m1../s1. The van der Waals surface area contributed by atoms with Crippen molar-refractivity contribution in [1.82, 2.24) is 15.1 Å². The fraction of sp³-hybridized carbons (Fsp3) is 0.733. The largest absolute Gasteiger partial charge is 0.367 e. The van der Waals surface area contributed by atoms with Crippen LogP contribution in [-0.2, 0) is 11.8 Å². The zero-order chi connectivity index (χ0) is 15.6. The van der Waals surface area contributed by atoms with E-state index in [4.69, 9.17) is 5.73 Å². The van der Waals surface area contributed by atoms with Crippen molar-refractivity contribution >= 4 is 36.4 Å². The number of aryl methyl sites for hydroxylation is 1. The van der Waals surface area contributed by atoms with Crippen molar-refractivity contribution in [2.75, 3.05) is 18.0 Å².